The lowest BCUT2D eigenvalue weighted by Gasteiger charge is -2.33. The molecule has 5 atom stereocenters. The van der Waals surface area contributed by atoms with Gasteiger partial charge in [0.15, 0.2) is 0 Å². The molecular formula is C7H13BO4. The predicted molar refractivity (Wildman–Crippen MR) is 43.6 cm³/mol. The molecular weight excluding hydrogens is 159 g/mol. The highest BCUT2D eigenvalue weighted by Crippen LogP contribution is 2.42. The van der Waals surface area contributed by atoms with Crippen LogP contribution in [0, 0.1) is 0 Å². The Kier molecular flexibility index (Phi) is 1.73. The lowest BCUT2D eigenvalue weighted by Crippen LogP contribution is -2.49. The Morgan fingerprint density at radius 1 is 1.58 bits per heavy atom. The molecule has 4 nitrogen and oxygen atoms in total. The van der Waals surface area contributed by atoms with E-state index in [1.807, 2.05) is 14.8 Å². The van der Waals surface area contributed by atoms with Crippen LogP contribution in [0.4, 0.5) is 0 Å². The van der Waals surface area contributed by atoms with Crippen molar-refractivity contribution in [1.82, 2.24) is 0 Å². The maximum Gasteiger partial charge on any atom is 0.145 e. The molecule has 0 saturated carbocycles. The summed E-state index contributed by atoms with van der Waals surface area (Å²) in [5.74, 6) is 0. The van der Waals surface area contributed by atoms with Crippen LogP contribution in [-0.4, -0.2) is 54.6 Å². The van der Waals surface area contributed by atoms with Crippen LogP contribution in [0.1, 0.15) is 6.92 Å². The molecule has 0 aromatic carbocycles. The van der Waals surface area contributed by atoms with Crippen LogP contribution in [0.2, 0.25) is 0 Å². The summed E-state index contributed by atoms with van der Waals surface area (Å²) in [6.45, 7) is 1.63. The van der Waals surface area contributed by atoms with Crippen molar-refractivity contribution in [2.24, 2.45) is 0 Å². The van der Waals surface area contributed by atoms with Crippen LogP contribution in [0.3, 0.4) is 0 Å². The van der Waals surface area contributed by atoms with Crippen molar-refractivity contribution in [3.8, 4) is 0 Å². The highest BCUT2D eigenvalue weighted by atomic mass is 16.6. The van der Waals surface area contributed by atoms with E-state index in [1.165, 1.54) is 0 Å². The van der Waals surface area contributed by atoms with Crippen molar-refractivity contribution in [3.05, 3.63) is 0 Å². The number of aliphatic hydroxyl groups excluding tert-OH is 2. The molecule has 2 fully saturated rings. The van der Waals surface area contributed by atoms with Crippen LogP contribution >= 0.6 is 0 Å². The average molecular weight is 172 g/mol. The zero-order chi connectivity index (χ0) is 8.93. The monoisotopic (exact) mass is 172 g/mol. The van der Waals surface area contributed by atoms with Crippen molar-refractivity contribution >= 4 is 7.85 Å². The number of hydrogen-bond acceptors (Lipinski definition) is 4. The van der Waals surface area contributed by atoms with Gasteiger partial charge in [-0.1, -0.05) is 0 Å². The summed E-state index contributed by atoms with van der Waals surface area (Å²) >= 11 is 0. The lowest BCUT2D eigenvalue weighted by molar-refractivity contribution is -0.173. The molecule has 12 heavy (non-hydrogen) atoms. The minimum Gasteiger partial charge on any atom is -0.393 e. The van der Waals surface area contributed by atoms with E-state index in [4.69, 9.17) is 14.6 Å². The predicted octanol–water partition coefficient (Wildman–Crippen LogP) is -2.14. The summed E-state index contributed by atoms with van der Waals surface area (Å²) < 4.78 is 10.9. The Bertz CT molecular complexity index is 200. The van der Waals surface area contributed by atoms with E-state index >= 15 is 0 Å². The van der Waals surface area contributed by atoms with Gasteiger partial charge in [0.1, 0.15) is 25.7 Å². The second-order valence-electron chi connectivity index (χ2n) is 3.62. The summed E-state index contributed by atoms with van der Waals surface area (Å²) in [6.07, 6.45) is -1.18. The fourth-order valence-electron chi connectivity index (χ4n) is 2.15. The molecule has 5 heteroatoms. The zero-order valence-electron chi connectivity index (χ0n) is 7.23. The molecule has 0 aliphatic carbocycles. The first-order chi connectivity index (χ1) is 5.62. The quantitative estimate of drug-likeness (QED) is 0.443. The first-order valence-electron chi connectivity index (χ1n) is 4.24. The molecule has 0 amide bonds. The minimum absolute atomic E-state index is 0.122. The highest BCUT2D eigenvalue weighted by molar-refractivity contribution is 6.11. The van der Waals surface area contributed by atoms with E-state index < -0.39 is 11.7 Å². The van der Waals surface area contributed by atoms with Gasteiger partial charge in [-0.3, -0.25) is 0 Å². The van der Waals surface area contributed by atoms with Gasteiger partial charge in [-0.25, -0.2) is 0 Å². The molecule has 1 unspecified atom stereocenters. The van der Waals surface area contributed by atoms with Gasteiger partial charge in [0, 0.05) is 0 Å². The van der Waals surface area contributed by atoms with Crippen molar-refractivity contribution in [2.45, 2.75) is 36.8 Å². The fourth-order valence-corrected chi connectivity index (χ4v) is 2.15. The van der Waals surface area contributed by atoms with Gasteiger partial charge in [-0.2, -0.15) is 0 Å². The Balaban J connectivity index is 2.30. The van der Waals surface area contributed by atoms with E-state index in [0.29, 0.717) is 0 Å². The van der Waals surface area contributed by atoms with Crippen LogP contribution in [-0.2, 0) is 9.47 Å². The first kappa shape index (κ1) is 8.50. The third-order valence-electron chi connectivity index (χ3n) is 2.98. The van der Waals surface area contributed by atoms with Crippen LogP contribution in [0.15, 0.2) is 0 Å². The normalized spacial score (nSPS) is 57.9. The smallest absolute Gasteiger partial charge is 0.145 e. The van der Waals surface area contributed by atoms with Crippen LogP contribution in [0.25, 0.3) is 0 Å². The Labute approximate surface area is 71.9 Å². The van der Waals surface area contributed by atoms with Crippen molar-refractivity contribution in [2.75, 3.05) is 6.61 Å². The minimum atomic E-state index is -0.871. The Hall–Kier alpha value is -0.0951. The van der Waals surface area contributed by atoms with Gasteiger partial charge in [-0.05, 0) is 6.92 Å². The molecule has 0 aromatic rings. The van der Waals surface area contributed by atoms with Crippen molar-refractivity contribution in [1.29, 1.82) is 0 Å². The Morgan fingerprint density at radius 3 is 2.58 bits per heavy atom. The summed E-state index contributed by atoms with van der Waals surface area (Å²) in [4.78, 5) is 0. The molecule has 0 aromatic heterocycles. The molecule has 2 heterocycles. The summed E-state index contributed by atoms with van der Waals surface area (Å²) in [6, 6.07) is -0.122. The number of aliphatic hydroxyl groups is 2. The molecule has 2 aliphatic heterocycles. The van der Waals surface area contributed by atoms with Crippen molar-refractivity contribution < 1.29 is 19.7 Å². The van der Waals surface area contributed by atoms with Gasteiger partial charge in [0.2, 0.25) is 0 Å². The number of rotatable bonds is 1. The zero-order valence-corrected chi connectivity index (χ0v) is 7.23. The summed E-state index contributed by atoms with van der Waals surface area (Å²) in [5.41, 5.74) is -0.871. The maximum absolute atomic E-state index is 9.71. The molecule has 2 bridgehead atoms. The largest absolute Gasteiger partial charge is 0.393 e. The maximum atomic E-state index is 9.71. The van der Waals surface area contributed by atoms with E-state index in [2.05, 4.69) is 0 Å². The van der Waals surface area contributed by atoms with Gasteiger partial charge >= 0.3 is 0 Å². The average Bonchev–Trinajstić information content (AvgIpc) is 2.41. The van der Waals surface area contributed by atoms with Crippen LogP contribution < -0.4 is 0 Å². The Morgan fingerprint density at radius 2 is 2.25 bits per heavy atom. The third-order valence-corrected chi connectivity index (χ3v) is 2.98. The SMILES string of the molecule is B[C@@H]1O[C@@]2(CO)C(C)O[C@@H]1[C@@H]2O. The molecule has 0 radical (unpaired) electrons. The molecule has 2 saturated heterocycles. The van der Waals surface area contributed by atoms with E-state index in [-0.39, 0.29) is 24.8 Å². The standard InChI is InChI=1S/C7H13BO4/c1-3-7(2-9)5(10)4(11-3)6(8)12-7/h3-6,9-10H,2,8H2,1H3/t3?,4-,5+,6-,7+/m1/s1. The van der Waals surface area contributed by atoms with Gasteiger partial charge in [0.25, 0.3) is 0 Å². The van der Waals surface area contributed by atoms with Gasteiger partial charge in [0.05, 0.1) is 18.7 Å². The second kappa shape index (κ2) is 2.45. The van der Waals surface area contributed by atoms with E-state index in [9.17, 15) is 5.11 Å². The molecule has 2 aliphatic rings. The highest BCUT2D eigenvalue weighted by Gasteiger charge is 2.63. The summed E-state index contributed by atoms with van der Waals surface area (Å²) in [5, 5.41) is 18.8. The van der Waals surface area contributed by atoms with Gasteiger partial charge < -0.3 is 19.7 Å². The molecule has 2 N–H and O–H groups in total. The van der Waals surface area contributed by atoms with Crippen LogP contribution in [0.5, 0.6) is 0 Å². The van der Waals surface area contributed by atoms with E-state index in [1.54, 1.807) is 0 Å². The molecule has 68 valence electrons. The lowest BCUT2D eigenvalue weighted by atomic mass is 9.91. The van der Waals surface area contributed by atoms with E-state index in [0.717, 1.165) is 0 Å². The topological polar surface area (TPSA) is 58.9 Å². The number of fused-ring (bicyclic) bond motifs is 2. The summed E-state index contributed by atoms with van der Waals surface area (Å²) in [7, 11) is 1.84. The third kappa shape index (κ3) is 0.772. The van der Waals surface area contributed by atoms with Gasteiger partial charge in [-0.15, -0.1) is 0 Å². The first-order valence-corrected chi connectivity index (χ1v) is 4.24. The second-order valence-corrected chi connectivity index (χ2v) is 3.62. The van der Waals surface area contributed by atoms with Crippen molar-refractivity contribution in [3.63, 3.8) is 0 Å². The number of hydrogen-bond donors (Lipinski definition) is 2. The molecule has 0 spiro atoms. The number of ether oxygens (including phenoxy) is 2. The fraction of sp³-hybridized carbons (Fsp3) is 1.00. The molecule has 2 rings (SSSR count).